The summed E-state index contributed by atoms with van der Waals surface area (Å²) >= 11 is 0. The Labute approximate surface area is 123 Å². The number of aromatic hydroxyl groups is 1. The quantitative estimate of drug-likeness (QED) is 0.858. The van der Waals surface area contributed by atoms with Crippen LogP contribution in [0.1, 0.15) is 23.2 Å². The predicted molar refractivity (Wildman–Crippen MR) is 77.1 cm³/mol. The first-order valence-corrected chi connectivity index (χ1v) is 6.97. The summed E-state index contributed by atoms with van der Waals surface area (Å²) < 4.78 is 4.83. The SMILES string of the molecule is COCC(=O)N1CCC(NC(=O)c2ccccc2O)CC1. The number of nitrogens with one attached hydrogen (secondary N) is 1. The maximum absolute atomic E-state index is 12.1. The number of hydrogen-bond donors (Lipinski definition) is 2. The van der Waals surface area contributed by atoms with E-state index >= 15 is 0 Å². The molecule has 0 aliphatic carbocycles. The average Bonchev–Trinajstić information content (AvgIpc) is 2.48. The second-order valence-corrected chi connectivity index (χ2v) is 5.08. The van der Waals surface area contributed by atoms with Crippen molar-refractivity contribution in [2.45, 2.75) is 18.9 Å². The highest BCUT2D eigenvalue weighted by Gasteiger charge is 2.24. The largest absolute Gasteiger partial charge is 0.507 e. The fraction of sp³-hybridized carbons (Fsp3) is 0.467. The van der Waals surface area contributed by atoms with Gasteiger partial charge in [-0.25, -0.2) is 0 Å². The molecule has 0 atom stereocenters. The Morgan fingerprint density at radius 1 is 1.33 bits per heavy atom. The number of phenolic OH excluding ortho intramolecular Hbond substituents is 1. The maximum atomic E-state index is 12.1. The number of amides is 2. The van der Waals surface area contributed by atoms with Gasteiger partial charge in [0.1, 0.15) is 12.4 Å². The molecule has 6 heteroatoms. The van der Waals surface area contributed by atoms with Gasteiger partial charge in [-0.3, -0.25) is 9.59 Å². The van der Waals surface area contributed by atoms with Crippen LogP contribution in [0.3, 0.4) is 0 Å². The lowest BCUT2D eigenvalue weighted by atomic mass is 10.0. The maximum Gasteiger partial charge on any atom is 0.255 e. The lowest BCUT2D eigenvalue weighted by Crippen LogP contribution is -2.47. The van der Waals surface area contributed by atoms with E-state index in [1.54, 1.807) is 23.1 Å². The molecule has 6 nitrogen and oxygen atoms in total. The van der Waals surface area contributed by atoms with Crippen LogP contribution in [0.4, 0.5) is 0 Å². The number of benzene rings is 1. The van der Waals surface area contributed by atoms with Crippen molar-refractivity contribution in [1.82, 2.24) is 10.2 Å². The second kappa shape index (κ2) is 7.08. The lowest BCUT2D eigenvalue weighted by molar-refractivity contribution is -0.136. The first kappa shape index (κ1) is 15.3. The highest BCUT2D eigenvalue weighted by Crippen LogP contribution is 2.17. The number of hydrogen-bond acceptors (Lipinski definition) is 4. The van der Waals surface area contributed by atoms with Gasteiger partial charge >= 0.3 is 0 Å². The third kappa shape index (κ3) is 3.95. The van der Waals surface area contributed by atoms with Gasteiger partial charge < -0.3 is 20.1 Å². The van der Waals surface area contributed by atoms with Crippen LogP contribution in [0.2, 0.25) is 0 Å². The number of carbonyl (C=O) groups is 2. The number of likely N-dealkylation sites (tertiary alicyclic amines) is 1. The Balaban J connectivity index is 1.85. The summed E-state index contributed by atoms with van der Waals surface area (Å²) in [5.74, 6) is -0.333. The Kier molecular flexibility index (Phi) is 5.16. The highest BCUT2D eigenvalue weighted by molar-refractivity contribution is 5.96. The molecule has 0 saturated carbocycles. The Hall–Kier alpha value is -2.08. The highest BCUT2D eigenvalue weighted by atomic mass is 16.5. The molecule has 0 radical (unpaired) electrons. The lowest BCUT2D eigenvalue weighted by Gasteiger charge is -2.32. The summed E-state index contributed by atoms with van der Waals surface area (Å²) in [5.41, 5.74) is 0.274. The number of carbonyl (C=O) groups excluding carboxylic acids is 2. The van der Waals surface area contributed by atoms with Gasteiger partial charge in [-0.15, -0.1) is 0 Å². The van der Waals surface area contributed by atoms with Crippen molar-refractivity contribution >= 4 is 11.8 Å². The van der Waals surface area contributed by atoms with Crippen LogP contribution in [-0.2, 0) is 9.53 Å². The molecular formula is C15H20N2O4. The second-order valence-electron chi connectivity index (χ2n) is 5.08. The van der Waals surface area contributed by atoms with Gasteiger partial charge in [0.15, 0.2) is 0 Å². The van der Waals surface area contributed by atoms with E-state index in [2.05, 4.69) is 5.32 Å². The number of nitrogens with zero attached hydrogens (tertiary/aromatic N) is 1. The van der Waals surface area contributed by atoms with Crippen LogP contribution in [0.5, 0.6) is 5.75 Å². The van der Waals surface area contributed by atoms with Crippen molar-refractivity contribution in [3.63, 3.8) is 0 Å². The van der Waals surface area contributed by atoms with Crippen molar-refractivity contribution < 1.29 is 19.4 Å². The van der Waals surface area contributed by atoms with Gasteiger partial charge in [-0.1, -0.05) is 12.1 Å². The summed E-state index contributed by atoms with van der Waals surface area (Å²) in [7, 11) is 1.50. The molecular weight excluding hydrogens is 272 g/mol. The monoisotopic (exact) mass is 292 g/mol. The number of piperidine rings is 1. The number of ether oxygens (including phenoxy) is 1. The number of methoxy groups -OCH3 is 1. The van der Waals surface area contributed by atoms with Gasteiger partial charge in [-0.2, -0.15) is 0 Å². The molecule has 1 aliphatic heterocycles. The van der Waals surface area contributed by atoms with Crippen molar-refractivity contribution in [3.05, 3.63) is 29.8 Å². The predicted octanol–water partition coefficient (Wildman–Crippen LogP) is 0.759. The minimum atomic E-state index is -0.283. The van der Waals surface area contributed by atoms with Crippen LogP contribution in [0, 0.1) is 0 Å². The topological polar surface area (TPSA) is 78.9 Å². The molecule has 1 saturated heterocycles. The van der Waals surface area contributed by atoms with E-state index in [9.17, 15) is 14.7 Å². The molecule has 2 N–H and O–H groups in total. The normalized spacial score (nSPS) is 15.8. The molecule has 1 aromatic rings. The Morgan fingerprint density at radius 3 is 2.62 bits per heavy atom. The van der Waals surface area contributed by atoms with Crippen molar-refractivity contribution in [3.8, 4) is 5.75 Å². The molecule has 0 spiro atoms. The third-order valence-corrected chi connectivity index (χ3v) is 3.60. The minimum Gasteiger partial charge on any atom is -0.507 e. The zero-order valence-electron chi connectivity index (χ0n) is 12.0. The molecule has 2 rings (SSSR count). The standard InChI is InChI=1S/C15H20N2O4/c1-21-10-14(19)17-8-6-11(7-9-17)16-15(20)12-4-2-3-5-13(12)18/h2-5,11,18H,6-10H2,1H3,(H,16,20). The summed E-state index contributed by atoms with van der Waals surface area (Å²) in [6.07, 6.45) is 1.41. The first-order chi connectivity index (χ1) is 10.1. The van der Waals surface area contributed by atoms with E-state index in [0.29, 0.717) is 25.9 Å². The summed E-state index contributed by atoms with van der Waals surface area (Å²) in [6.45, 7) is 1.30. The van der Waals surface area contributed by atoms with Gasteiger partial charge in [0, 0.05) is 26.2 Å². The van der Waals surface area contributed by atoms with Crippen molar-refractivity contribution in [1.29, 1.82) is 0 Å². The van der Waals surface area contributed by atoms with Gasteiger partial charge in [0.05, 0.1) is 5.56 Å². The van der Waals surface area contributed by atoms with E-state index in [0.717, 1.165) is 0 Å². The third-order valence-electron chi connectivity index (χ3n) is 3.60. The van der Waals surface area contributed by atoms with Crippen LogP contribution in [-0.4, -0.2) is 54.7 Å². The average molecular weight is 292 g/mol. The molecule has 114 valence electrons. The van der Waals surface area contributed by atoms with Crippen molar-refractivity contribution in [2.75, 3.05) is 26.8 Å². The molecule has 21 heavy (non-hydrogen) atoms. The van der Waals surface area contributed by atoms with Crippen LogP contribution < -0.4 is 5.32 Å². The van der Waals surface area contributed by atoms with E-state index in [1.165, 1.54) is 13.2 Å². The molecule has 1 aromatic carbocycles. The fourth-order valence-corrected chi connectivity index (χ4v) is 2.42. The smallest absolute Gasteiger partial charge is 0.255 e. The molecule has 0 bridgehead atoms. The van der Waals surface area contributed by atoms with Crippen LogP contribution in [0.15, 0.2) is 24.3 Å². The van der Waals surface area contributed by atoms with Gasteiger partial charge in [-0.05, 0) is 25.0 Å². The Bertz CT molecular complexity index is 510. The summed E-state index contributed by atoms with van der Waals surface area (Å²) in [4.78, 5) is 25.5. The fourth-order valence-electron chi connectivity index (χ4n) is 2.42. The van der Waals surface area contributed by atoms with E-state index < -0.39 is 0 Å². The van der Waals surface area contributed by atoms with E-state index in [1.807, 2.05) is 0 Å². The molecule has 0 aromatic heterocycles. The van der Waals surface area contributed by atoms with Gasteiger partial charge in [0.2, 0.25) is 5.91 Å². The zero-order chi connectivity index (χ0) is 15.2. The minimum absolute atomic E-state index is 0.0173. The Morgan fingerprint density at radius 2 is 2.00 bits per heavy atom. The zero-order valence-corrected chi connectivity index (χ0v) is 12.0. The van der Waals surface area contributed by atoms with Crippen LogP contribution in [0.25, 0.3) is 0 Å². The van der Waals surface area contributed by atoms with Crippen LogP contribution >= 0.6 is 0 Å². The first-order valence-electron chi connectivity index (χ1n) is 6.97. The number of para-hydroxylation sites is 1. The van der Waals surface area contributed by atoms with E-state index in [4.69, 9.17) is 4.74 Å². The van der Waals surface area contributed by atoms with Gasteiger partial charge in [0.25, 0.3) is 5.91 Å². The molecule has 0 unspecified atom stereocenters. The summed E-state index contributed by atoms with van der Waals surface area (Å²) in [5, 5.41) is 12.6. The summed E-state index contributed by atoms with van der Waals surface area (Å²) in [6, 6.07) is 6.47. The van der Waals surface area contributed by atoms with E-state index in [-0.39, 0.29) is 35.8 Å². The number of rotatable bonds is 4. The molecule has 1 fully saturated rings. The number of phenols is 1. The molecule has 1 heterocycles. The van der Waals surface area contributed by atoms with Crippen molar-refractivity contribution in [2.24, 2.45) is 0 Å². The molecule has 2 amide bonds. The molecule has 1 aliphatic rings.